The Morgan fingerprint density at radius 2 is 1.83 bits per heavy atom. The van der Waals surface area contributed by atoms with Crippen molar-refractivity contribution in [2.24, 2.45) is 5.92 Å². The molecule has 0 N–H and O–H groups in total. The average molecular weight is 169 g/mol. The molecule has 0 aromatic rings. The summed E-state index contributed by atoms with van der Waals surface area (Å²) < 4.78 is 0. The average Bonchev–Trinajstić information content (AvgIpc) is 1.98. The molecule has 0 fully saturated rings. The highest BCUT2D eigenvalue weighted by Crippen LogP contribution is 2.09. The Bertz CT molecular complexity index is 138. The molecule has 0 aromatic heterocycles. The lowest BCUT2D eigenvalue weighted by Crippen LogP contribution is -2.36. The van der Waals surface area contributed by atoms with Gasteiger partial charge < -0.3 is 0 Å². The molecule has 72 valence electrons. The van der Waals surface area contributed by atoms with Crippen LogP contribution in [0.25, 0.3) is 0 Å². The molecule has 0 rings (SSSR count). The van der Waals surface area contributed by atoms with Crippen molar-refractivity contribution in [2.45, 2.75) is 40.7 Å². The largest absolute Gasteiger partial charge is 0.297 e. The maximum absolute atomic E-state index is 3.99. The van der Waals surface area contributed by atoms with E-state index in [2.05, 4.69) is 46.1 Å². The van der Waals surface area contributed by atoms with Crippen LogP contribution in [0.4, 0.5) is 0 Å². The van der Waals surface area contributed by atoms with Crippen molar-refractivity contribution in [3.63, 3.8) is 0 Å². The number of nitrogens with zero attached hydrogens (tertiary/aromatic N) is 1. The number of hydrogen-bond donors (Lipinski definition) is 0. The Balaban J connectivity index is 4.05. The Labute approximate surface area is 77.5 Å². The van der Waals surface area contributed by atoms with E-state index < -0.39 is 0 Å². The molecule has 0 aliphatic carbocycles. The van der Waals surface area contributed by atoms with Gasteiger partial charge in [0.2, 0.25) is 0 Å². The van der Waals surface area contributed by atoms with Crippen LogP contribution >= 0.6 is 0 Å². The summed E-state index contributed by atoms with van der Waals surface area (Å²) in [5.74, 6) is 0.742. The lowest BCUT2D eigenvalue weighted by molar-refractivity contribution is 0.219. The third kappa shape index (κ3) is 3.91. The van der Waals surface area contributed by atoms with Crippen LogP contribution in [-0.2, 0) is 0 Å². The van der Waals surface area contributed by atoms with Gasteiger partial charge in [0.1, 0.15) is 0 Å². The lowest BCUT2D eigenvalue weighted by atomic mass is 10.1. The van der Waals surface area contributed by atoms with Gasteiger partial charge in [0.25, 0.3) is 0 Å². The summed E-state index contributed by atoms with van der Waals surface area (Å²) in [5.41, 5.74) is 1.26. The Hall–Kier alpha value is -0.300. The smallest absolute Gasteiger partial charge is 0.0273 e. The molecule has 0 spiro atoms. The normalized spacial score (nSPS) is 13.9. The predicted octanol–water partition coefficient (Wildman–Crippen LogP) is 2.93. The zero-order valence-electron chi connectivity index (χ0n) is 9.22. The lowest BCUT2D eigenvalue weighted by Gasteiger charge is -2.29. The van der Waals surface area contributed by atoms with Crippen LogP contribution in [0.1, 0.15) is 34.6 Å². The fourth-order valence-corrected chi connectivity index (χ4v) is 1.34. The van der Waals surface area contributed by atoms with E-state index >= 15 is 0 Å². The van der Waals surface area contributed by atoms with Gasteiger partial charge in [-0.3, -0.25) is 4.90 Å². The number of rotatable bonds is 5. The van der Waals surface area contributed by atoms with Crippen molar-refractivity contribution in [1.82, 2.24) is 4.90 Å². The van der Waals surface area contributed by atoms with Crippen LogP contribution in [0, 0.1) is 5.92 Å². The van der Waals surface area contributed by atoms with Crippen molar-refractivity contribution in [3.05, 3.63) is 12.2 Å². The van der Waals surface area contributed by atoms with Crippen molar-refractivity contribution < 1.29 is 0 Å². The van der Waals surface area contributed by atoms with Gasteiger partial charge in [-0.1, -0.05) is 32.9 Å². The number of hydrogen-bond acceptors (Lipinski definition) is 1. The SMILES string of the molecule is C=C(C)C(C)N(CC)CC(C)C. The first kappa shape index (κ1) is 11.7. The monoisotopic (exact) mass is 169 g/mol. The number of likely N-dealkylation sites (N-methyl/N-ethyl adjacent to an activating group) is 1. The third-order valence-corrected chi connectivity index (χ3v) is 2.27. The highest BCUT2D eigenvalue weighted by molar-refractivity contribution is 4.99. The highest BCUT2D eigenvalue weighted by Gasteiger charge is 2.12. The van der Waals surface area contributed by atoms with E-state index in [4.69, 9.17) is 0 Å². The molecule has 1 unspecified atom stereocenters. The third-order valence-electron chi connectivity index (χ3n) is 2.27. The van der Waals surface area contributed by atoms with Crippen LogP contribution in [0.15, 0.2) is 12.2 Å². The minimum Gasteiger partial charge on any atom is -0.297 e. The fraction of sp³-hybridized carbons (Fsp3) is 0.818. The quantitative estimate of drug-likeness (QED) is 0.572. The van der Waals surface area contributed by atoms with E-state index in [9.17, 15) is 0 Å². The molecule has 0 radical (unpaired) electrons. The first-order valence-electron chi connectivity index (χ1n) is 4.88. The summed E-state index contributed by atoms with van der Waals surface area (Å²) in [5, 5.41) is 0. The van der Waals surface area contributed by atoms with Crippen molar-refractivity contribution >= 4 is 0 Å². The molecule has 0 aliphatic heterocycles. The summed E-state index contributed by atoms with van der Waals surface area (Å²) >= 11 is 0. The summed E-state index contributed by atoms with van der Waals surface area (Å²) in [7, 11) is 0. The molecule has 12 heavy (non-hydrogen) atoms. The molecule has 0 heterocycles. The fourth-order valence-electron chi connectivity index (χ4n) is 1.34. The molecular formula is C11H23N. The Morgan fingerprint density at radius 1 is 1.33 bits per heavy atom. The van der Waals surface area contributed by atoms with Gasteiger partial charge in [-0.15, -0.1) is 0 Å². The van der Waals surface area contributed by atoms with Gasteiger partial charge >= 0.3 is 0 Å². The van der Waals surface area contributed by atoms with E-state index in [-0.39, 0.29) is 0 Å². The predicted molar refractivity (Wildman–Crippen MR) is 56.4 cm³/mol. The second-order valence-electron chi connectivity index (χ2n) is 4.00. The summed E-state index contributed by atoms with van der Waals surface area (Å²) in [6.45, 7) is 17.3. The first-order valence-corrected chi connectivity index (χ1v) is 4.88. The van der Waals surface area contributed by atoms with E-state index in [1.54, 1.807) is 0 Å². The van der Waals surface area contributed by atoms with E-state index in [0.717, 1.165) is 12.5 Å². The molecule has 0 saturated carbocycles. The summed E-state index contributed by atoms with van der Waals surface area (Å²) in [6, 6.07) is 0.525. The van der Waals surface area contributed by atoms with Crippen LogP contribution < -0.4 is 0 Å². The standard InChI is InChI=1S/C11H23N/c1-7-12(8-9(2)3)11(6)10(4)5/h9,11H,4,7-8H2,1-3,5-6H3. The first-order chi connectivity index (χ1) is 5.49. The van der Waals surface area contributed by atoms with Crippen LogP contribution in [0.3, 0.4) is 0 Å². The summed E-state index contributed by atoms with van der Waals surface area (Å²) in [4.78, 5) is 2.47. The van der Waals surface area contributed by atoms with Gasteiger partial charge in [0.15, 0.2) is 0 Å². The van der Waals surface area contributed by atoms with Gasteiger partial charge in [-0.05, 0) is 26.3 Å². The minimum atomic E-state index is 0.525. The van der Waals surface area contributed by atoms with Gasteiger partial charge in [0, 0.05) is 12.6 Å². The molecule has 0 amide bonds. The van der Waals surface area contributed by atoms with E-state index in [1.165, 1.54) is 12.1 Å². The molecule has 0 aliphatic rings. The maximum atomic E-state index is 3.99. The van der Waals surface area contributed by atoms with Gasteiger partial charge in [-0.25, -0.2) is 0 Å². The second kappa shape index (κ2) is 5.36. The van der Waals surface area contributed by atoms with E-state index in [0.29, 0.717) is 6.04 Å². The highest BCUT2D eigenvalue weighted by atomic mass is 15.1. The van der Waals surface area contributed by atoms with E-state index in [1.807, 2.05) is 0 Å². The molecule has 0 bridgehead atoms. The van der Waals surface area contributed by atoms with Gasteiger partial charge in [-0.2, -0.15) is 0 Å². The van der Waals surface area contributed by atoms with Crippen LogP contribution in [-0.4, -0.2) is 24.0 Å². The van der Waals surface area contributed by atoms with Crippen molar-refractivity contribution in [1.29, 1.82) is 0 Å². The van der Waals surface area contributed by atoms with Crippen LogP contribution in [0.5, 0.6) is 0 Å². The topological polar surface area (TPSA) is 3.24 Å². The van der Waals surface area contributed by atoms with Crippen LogP contribution in [0.2, 0.25) is 0 Å². The zero-order chi connectivity index (χ0) is 9.72. The molecule has 1 atom stereocenters. The maximum Gasteiger partial charge on any atom is 0.0273 e. The Kier molecular flexibility index (Phi) is 5.23. The zero-order valence-corrected chi connectivity index (χ0v) is 9.22. The molecule has 0 aromatic carbocycles. The molecule has 0 saturated heterocycles. The van der Waals surface area contributed by atoms with Gasteiger partial charge in [0.05, 0.1) is 0 Å². The molecule has 1 heteroatoms. The van der Waals surface area contributed by atoms with Crippen molar-refractivity contribution in [2.75, 3.05) is 13.1 Å². The minimum absolute atomic E-state index is 0.525. The molecule has 1 nitrogen and oxygen atoms in total. The Morgan fingerprint density at radius 3 is 2.08 bits per heavy atom. The molecular weight excluding hydrogens is 146 g/mol. The summed E-state index contributed by atoms with van der Waals surface area (Å²) in [6.07, 6.45) is 0. The second-order valence-corrected chi connectivity index (χ2v) is 4.00. The van der Waals surface area contributed by atoms with Crippen molar-refractivity contribution in [3.8, 4) is 0 Å².